The summed E-state index contributed by atoms with van der Waals surface area (Å²) >= 11 is 0. The predicted octanol–water partition coefficient (Wildman–Crippen LogP) is 3.32. The fraction of sp³-hybridized carbons (Fsp3) is 0.556. The Hall–Kier alpha value is -2.04. The molecule has 1 amide bonds. The molecular formula is C18H27NO4. The van der Waals surface area contributed by atoms with Crippen LogP contribution in [0.3, 0.4) is 0 Å². The average Bonchev–Trinajstić information content (AvgIpc) is 2.46. The molecule has 128 valence electrons. The quantitative estimate of drug-likeness (QED) is 0.788. The highest BCUT2D eigenvalue weighted by Crippen LogP contribution is 2.33. The Morgan fingerprint density at radius 3 is 2.22 bits per heavy atom. The van der Waals surface area contributed by atoms with Crippen molar-refractivity contribution in [3.8, 4) is 5.75 Å². The van der Waals surface area contributed by atoms with Gasteiger partial charge in [-0.1, -0.05) is 33.8 Å². The van der Waals surface area contributed by atoms with Crippen LogP contribution >= 0.6 is 0 Å². The third-order valence-corrected chi connectivity index (χ3v) is 3.67. The van der Waals surface area contributed by atoms with Gasteiger partial charge in [-0.25, -0.2) is 4.79 Å². The highest BCUT2D eigenvalue weighted by atomic mass is 16.5. The number of esters is 1. The number of hydrogen-bond acceptors (Lipinski definition) is 4. The number of likely N-dealkylation sites (N-methyl/N-ethyl adjacent to an activating group) is 1. The average molecular weight is 321 g/mol. The Labute approximate surface area is 138 Å². The van der Waals surface area contributed by atoms with E-state index < -0.39 is 12.1 Å². The molecule has 1 rings (SSSR count). The molecular weight excluding hydrogens is 294 g/mol. The summed E-state index contributed by atoms with van der Waals surface area (Å²) in [7, 11) is 0. The number of carbonyl (C=O) groups is 2. The van der Waals surface area contributed by atoms with Crippen LogP contribution in [0.15, 0.2) is 12.1 Å². The minimum atomic E-state index is -0.910. The van der Waals surface area contributed by atoms with E-state index in [1.165, 1.54) is 6.92 Å². The number of phenolic OH excluding ortho intramolecular Hbond substituents is 1. The first-order chi connectivity index (χ1) is 10.7. The highest BCUT2D eigenvalue weighted by Gasteiger charge is 2.23. The van der Waals surface area contributed by atoms with Crippen molar-refractivity contribution in [3.05, 3.63) is 28.8 Å². The zero-order valence-corrected chi connectivity index (χ0v) is 14.8. The van der Waals surface area contributed by atoms with E-state index in [0.717, 1.165) is 5.56 Å². The van der Waals surface area contributed by atoms with Gasteiger partial charge < -0.3 is 15.2 Å². The molecule has 0 radical (unpaired) electrons. The molecule has 1 aromatic rings. The number of hydrogen-bond donors (Lipinski definition) is 2. The molecule has 0 heterocycles. The summed E-state index contributed by atoms with van der Waals surface area (Å²) < 4.78 is 5.19. The van der Waals surface area contributed by atoms with Gasteiger partial charge in [0.1, 0.15) is 11.3 Å². The normalized spacial score (nSPS) is 12.3. The van der Waals surface area contributed by atoms with Crippen molar-refractivity contribution >= 4 is 11.9 Å². The summed E-state index contributed by atoms with van der Waals surface area (Å²) in [5.74, 6) is -0.839. The van der Waals surface area contributed by atoms with Crippen molar-refractivity contribution < 1.29 is 19.4 Å². The fourth-order valence-electron chi connectivity index (χ4n) is 2.20. The van der Waals surface area contributed by atoms with Crippen LogP contribution in [0.1, 0.15) is 74.9 Å². The van der Waals surface area contributed by atoms with Crippen LogP contribution in [-0.4, -0.2) is 29.6 Å². The van der Waals surface area contributed by atoms with E-state index in [1.807, 2.05) is 33.8 Å². The Kier molecular flexibility index (Phi) is 6.61. The lowest BCUT2D eigenvalue weighted by molar-refractivity contribution is -0.128. The minimum Gasteiger partial charge on any atom is -0.507 e. The van der Waals surface area contributed by atoms with Crippen LogP contribution in [0.25, 0.3) is 0 Å². The maximum absolute atomic E-state index is 12.4. The van der Waals surface area contributed by atoms with E-state index in [-0.39, 0.29) is 29.1 Å². The molecule has 0 saturated heterocycles. The summed E-state index contributed by atoms with van der Waals surface area (Å²) in [5, 5.41) is 13.0. The predicted molar refractivity (Wildman–Crippen MR) is 89.8 cm³/mol. The van der Waals surface area contributed by atoms with Gasteiger partial charge in [0.05, 0.1) is 0 Å². The Balaban J connectivity index is 3.15. The summed E-state index contributed by atoms with van der Waals surface area (Å²) in [6, 6.07) is 3.55. The standard InChI is InChI=1S/C18H27NO4/c1-7-19-17(21)12(6)23-18(22)15-9-13(10(2)3)8-14(11(4)5)16(15)20/h8-12,20H,7H2,1-6H3,(H,19,21)/t12-/m1/s1. The number of phenols is 1. The van der Waals surface area contributed by atoms with Gasteiger partial charge in [0, 0.05) is 6.54 Å². The molecule has 0 saturated carbocycles. The minimum absolute atomic E-state index is 0.0704. The van der Waals surface area contributed by atoms with Gasteiger partial charge in [0.15, 0.2) is 6.10 Å². The number of aromatic hydroxyl groups is 1. The Bertz CT molecular complexity index is 579. The number of ether oxygens (including phenoxy) is 1. The molecule has 0 bridgehead atoms. The zero-order chi connectivity index (χ0) is 17.7. The molecule has 5 nitrogen and oxygen atoms in total. The number of benzene rings is 1. The highest BCUT2D eigenvalue weighted by molar-refractivity contribution is 5.95. The van der Waals surface area contributed by atoms with E-state index in [0.29, 0.717) is 12.1 Å². The topological polar surface area (TPSA) is 75.6 Å². The van der Waals surface area contributed by atoms with Gasteiger partial charge in [-0.05, 0) is 42.9 Å². The first-order valence-corrected chi connectivity index (χ1v) is 8.04. The molecule has 0 fully saturated rings. The molecule has 1 atom stereocenters. The molecule has 2 N–H and O–H groups in total. The molecule has 5 heteroatoms. The number of nitrogens with one attached hydrogen (secondary N) is 1. The van der Waals surface area contributed by atoms with Gasteiger partial charge in [0.2, 0.25) is 0 Å². The molecule has 0 aliphatic rings. The molecule has 0 unspecified atom stereocenters. The summed E-state index contributed by atoms with van der Waals surface area (Å²) in [4.78, 5) is 24.1. The molecule has 1 aromatic carbocycles. The third-order valence-electron chi connectivity index (χ3n) is 3.67. The van der Waals surface area contributed by atoms with Gasteiger partial charge >= 0.3 is 5.97 Å². The second-order valence-electron chi connectivity index (χ2n) is 6.26. The van der Waals surface area contributed by atoms with Crippen molar-refractivity contribution in [1.82, 2.24) is 5.32 Å². The van der Waals surface area contributed by atoms with E-state index in [4.69, 9.17) is 4.74 Å². The fourth-order valence-corrected chi connectivity index (χ4v) is 2.20. The van der Waals surface area contributed by atoms with E-state index in [1.54, 1.807) is 13.0 Å². The number of carbonyl (C=O) groups excluding carboxylic acids is 2. The molecule has 0 spiro atoms. The van der Waals surface area contributed by atoms with E-state index in [9.17, 15) is 14.7 Å². The maximum Gasteiger partial charge on any atom is 0.342 e. The van der Waals surface area contributed by atoms with Gasteiger partial charge in [-0.2, -0.15) is 0 Å². The molecule has 0 aromatic heterocycles. The van der Waals surface area contributed by atoms with Crippen molar-refractivity contribution in [3.63, 3.8) is 0 Å². The molecule has 0 aliphatic carbocycles. The maximum atomic E-state index is 12.4. The second kappa shape index (κ2) is 7.99. The lowest BCUT2D eigenvalue weighted by Crippen LogP contribution is -2.35. The lowest BCUT2D eigenvalue weighted by atomic mass is 9.92. The van der Waals surface area contributed by atoms with Crippen molar-refractivity contribution in [2.45, 2.75) is 59.5 Å². The first-order valence-electron chi connectivity index (χ1n) is 8.04. The summed E-state index contributed by atoms with van der Waals surface area (Å²) in [5.41, 5.74) is 1.76. The first kappa shape index (κ1) is 19.0. The molecule has 0 aliphatic heterocycles. The van der Waals surface area contributed by atoms with Crippen LogP contribution in [0.4, 0.5) is 0 Å². The summed E-state index contributed by atoms with van der Waals surface area (Å²) in [6.07, 6.45) is -0.910. The van der Waals surface area contributed by atoms with Crippen LogP contribution in [0.5, 0.6) is 5.75 Å². The Morgan fingerprint density at radius 2 is 1.74 bits per heavy atom. The van der Waals surface area contributed by atoms with Crippen LogP contribution < -0.4 is 5.32 Å². The van der Waals surface area contributed by atoms with Crippen molar-refractivity contribution in [2.24, 2.45) is 0 Å². The number of rotatable bonds is 6. The van der Waals surface area contributed by atoms with Crippen LogP contribution in [0.2, 0.25) is 0 Å². The smallest absolute Gasteiger partial charge is 0.342 e. The third kappa shape index (κ3) is 4.71. The molecule has 23 heavy (non-hydrogen) atoms. The Morgan fingerprint density at radius 1 is 1.13 bits per heavy atom. The van der Waals surface area contributed by atoms with E-state index >= 15 is 0 Å². The van der Waals surface area contributed by atoms with Gasteiger partial charge in [-0.15, -0.1) is 0 Å². The van der Waals surface area contributed by atoms with E-state index in [2.05, 4.69) is 5.32 Å². The zero-order valence-electron chi connectivity index (χ0n) is 14.8. The SMILES string of the molecule is CCNC(=O)[C@@H](C)OC(=O)c1cc(C(C)C)cc(C(C)C)c1O. The summed E-state index contributed by atoms with van der Waals surface area (Å²) in [6.45, 7) is 11.7. The number of amides is 1. The van der Waals surface area contributed by atoms with Crippen molar-refractivity contribution in [2.75, 3.05) is 6.54 Å². The second-order valence-corrected chi connectivity index (χ2v) is 6.26. The largest absolute Gasteiger partial charge is 0.507 e. The monoisotopic (exact) mass is 321 g/mol. The van der Waals surface area contributed by atoms with Gasteiger partial charge in [0.25, 0.3) is 5.91 Å². The van der Waals surface area contributed by atoms with Crippen LogP contribution in [-0.2, 0) is 9.53 Å². The van der Waals surface area contributed by atoms with Gasteiger partial charge in [-0.3, -0.25) is 4.79 Å². The van der Waals surface area contributed by atoms with Crippen molar-refractivity contribution in [1.29, 1.82) is 0 Å². The lowest BCUT2D eigenvalue weighted by Gasteiger charge is -2.18. The van der Waals surface area contributed by atoms with Crippen LogP contribution in [0, 0.1) is 0 Å².